The van der Waals surface area contributed by atoms with Crippen LogP contribution in [-0.4, -0.2) is 15.6 Å². The van der Waals surface area contributed by atoms with Crippen LogP contribution < -0.4 is 0 Å². The first-order valence-electron chi connectivity index (χ1n) is 5.62. The molecule has 0 atom stereocenters. The number of thiophene rings is 1. The molecule has 7 heteroatoms. The molecule has 0 aliphatic heterocycles. The molecule has 0 radical (unpaired) electrons. The number of hydrogen-bond donors (Lipinski definition) is 0. The van der Waals surface area contributed by atoms with Gasteiger partial charge in [0.25, 0.3) is 0 Å². The van der Waals surface area contributed by atoms with Crippen LogP contribution in [0.3, 0.4) is 0 Å². The summed E-state index contributed by atoms with van der Waals surface area (Å²) in [6.07, 6.45) is 1.01. The number of aryl methyl sites for hydroxylation is 2. The zero-order chi connectivity index (χ0) is 14.2. The molecule has 0 spiro atoms. The lowest BCUT2D eigenvalue weighted by Crippen LogP contribution is -2.08. The maximum absolute atomic E-state index is 12.3. The molecule has 0 amide bonds. The van der Waals surface area contributed by atoms with Gasteiger partial charge in [0.2, 0.25) is 0 Å². The van der Waals surface area contributed by atoms with Crippen LogP contribution in [-0.2, 0) is 19.9 Å². The minimum atomic E-state index is 0.0291. The molecule has 0 aromatic carbocycles. The minimum Gasteiger partial charge on any atom is -0.294 e. The monoisotopic (exact) mass is 424 g/mol. The minimum absolute atomic E-state index is 0.0291. The third kappa shape index (κ3) is 3.12. The molecule has 2 rings (SSSR count). The molecule has 0 bridgehead atoms. The molecule has 0 unspecified atom stereocenters. The number of aromatic nitrogens is 2. The average Bonchev–Trinajstić information content (AvgIpc) is 2.82. The lowest BCUT2D eigenvalue weighted by molar-refractivity contribution is 0.0990. The van der Waals surface area contributed by atoms with Gasteiger partial charge in [-0.2, -0.15) is 5.10 Å². The molecular weight excluding hydrogens is 415 g/mol. The lowest BCUT2D eigenvalue weighted by atomic mass is 10.1. The normalized spacial score (nSPS) is 11.0. The van der Waals surface area contributed by atoms with Gasteiger partial charge in [0.05, 0.1) is 30.4 Å². The SMILES string of the molecule is CCc1nn(C)c(CC(=O)c2cc(Br)sc2Br)c1Cl. The summed E-state index contributed by atoms with van der Waals surface area (Å²) in [6, 6.07) is 1.82. The standard InChI is InChI=1S/C12H11Br2ClN2OS/c1-3-7-11(15)8(17(2)16-7)5-9(18)6-4-10(13)19-12(6)14/h4H,3,5H2,1-2H3. The molecule has 0 aliphatic rings. The van der Waals surface area contributed by atoms with Gasteiger partial charge in [-0.05, 0) is 44.3 Å². The van der Waals surface area contributed by atoms with Crippen LogP contribution in [0.1, 0.15) is 28.7 Å². The second kappa shape index (κ2) is 6.08. The van der Waals surface area contributed by atoms with E-state index in [1.807, 2.05) is 20.0 Å². The van der Waals surface area contributed by atoms with Gasteiger partial charge in [-0.15, -0.1) is 11.3 Å². The third-order valence-corrected chi connectivity index (χ3v) is 5.56. The quantitative estimate of drug-likeness (QED) is 0.667. The van der Waals surface area contributed by atoms with Crippen LogP contribution in [0.15, 0.2) is 13.6 Å². The number of hydrogen-bond acceptors (Lipinski definition) is 3. The Bertz CT molecular complexity index is 636. The van der Waals surface area contributed by atoms with Crippen molar-refractivity contribution >= 4 is 60.6 Å². The molecule has 3 nitrogen and oxygen atoms in total. The van der Waals surface area contributed by atoms with Gasteiger partial charge in [-0.3, -0.25) is 9.48 Å². The van der Waals surface area contributed by atoms with Crippen molar-refractivity contribution in [3.63, 3.8) is 0 Å². The highest BCUT2D eigenvalue weighted by molar-refractivity contribution is 9.12. The highest BCUT2D eigenvalue weighted by Gasteiger charge is 2.19. The van der Waals surface area contributed by atoms with E-state index in [1.165, 1.54) is 11.3 Å². The topological polar surface area (TPSA) is 34.9 Å². The van der Waals surface area contributed by atoms with Crippen molar-refractivity contribution in [2.45, 2.75) is 19.8 Å². The summed E-state index contributed by atoms with van der Waals surface area (Å²) in [5.74, 6) is 0.0291. The maximum atomic E-state index is 12.3. The van der Waals surface area contributed by atoms with Gasteiger partial charge >= 0.3 is 0 Å². The Morgan fingerprint density at radius 1 is 1.53 bits per heavy atom. The zero-order valence-corrected chi connectivity index (χ0v) is 15.1. The van der Waals surface area contributed by atoms with E-state index in [-0.39, 0.29) is 12.2 Å². The summed E-state index contributed by atoms with van der Waals surface area (Å²) in [4.78, 5) is 12.3. The van der Waals surface area contributed by atoms with Crippen LogP contribution in [0.2, 0.25) is 5.02 Å². The average molecular weight is 427 g/mol. The fourth-order valence-corrected chi connectivity index (χ4v) is 5.01. The lowest BCUT2D eigenvalue weighted by Gasteiger charge is -2.01. The Hall–Kier alpha value is -0.170. The first kappa shape index (κ1) is 15.2. The Labute approximate surface area is 137 Å². The van der Waals surface area contributed by atoms with Crippen molar-refractivity contribution in [3.05, 3.63) is 35.6 Å². The molecule has 19 heavy (non-hydrogen) atoms. The van der Waals surface area contributed by atoms with Crippen LogP contribution in [0.5, 0.6) is 0 Å². The molecule has 2 heterocycles. The fraction of sp³-hybridized carbons (Fsp3) is 0.333. The predicted octanol–water partition coefficient (Wildman–Crippen LogP) is 4.65. The number of ketones is 1. The van der Waals surface area contributed by atoms with E-state index in [4.69, 9.17) is 11.6 Å². The maximum Gasteiger partial charge on any atom is 0.170 e. The summed E-state index contributed by atoms with van der Waals surface area (Å²) < 4.78 is 3.44. The van der Waals surface area contributed by atoms with Gasteiger partial charge in [0.15, 0.2) is 5.78 Å². The second-order valence-electron chi connectivity index (χ2n) is 4.02. The Balaban J connectivity index is 2.29. The van der Waals surface area contributed by atoms with E-state index in [9.17, 15) is 4.79 Å². The van der Waals surface area contributed by atoms with Crippen molar-refractivity contribution in [1.29, 1.82) is 0 Å². The first-order chi connectivity index (χ1) is 8.93. The van der Waals surface area contributed by atoms with Crippen LogP contribution in [0.4, 0.5) is 0 Å². The highest BCUT2D eigenvalue weighted by Crippen LogP contribution is 2.33. The number of carbonyl (C=O) groups excluding carboxylic acids is 1. The van der Waals surface area contributed by atoms with Gasteiger partial charge in [-0.1, -0.05) is 18.5 Å². The van der Waals surface area contributed by atoms with E-state index in [0.29, 0.717) is 10.6 Å². The third-order valence-electron chi connectivity index (χ3n) is 2.79. The molecule has 0 fully saturated rings. The Morgan fingerprint density at radius 3 is 2.68 bits per heavy atom. The van der Waals surface area contributed by atoms with Crippen molar-refractivity contribution in [2.24, 2.45) is 7.05 Å². The van der Waals surface area contributed by atoms with Crippen molar-refractivity contribution in [1.82, 2.24) is 9.78 Å². The zero-order valence-electron chi connectivity index (χ0n) is 10.3. The molecule has 0 saturated heterocycles. The molecule has 0 aliphatic carbocycles. The summed E-state index contributed by atoms with van der Waals surface area (Å²) in [7, 11) is 1.81. The highest BCUT2D eigenvalue weighted by atomic mass is 79.9. The van der Waals surface area contributed by atoms with Gasteiger partial charge < -0.3 is 0 Å². The first-order valence-corrected chi connectivity index (χ1v) is 8.40. The number of nitrogens with zero attached hydrogens (tertiary/aromatic N) is 2. The molecular formula is C12H11Br2ClN2OS. The molecule has 102 valence electrons. The van der Waals surface area contributed by atoms with E-state index < -0.39 is 0 Å². The van der Waals surface area contributed by atoms with Gasteiger partial charge in [0.1, 0.15) is 0 Å². The fourth-order valence-electron chi connectivity index (χ4n) is 1.79. The predicted molar refractivity (Wildman–Crippen MR) is 85.3 cm³/mol. The summed E-state index contributed by atoms with van der Waals surface area (Å²) in [5, 5.41) is 4.92. The van der Waals surface area contributed by atoms with Crippen LogP contribution >= 0.6 is 54.8 Å². The number of carbonyl (C=O) groups is 1. The van der Waals surface area contributed by atoms with E-state index in [2.05, 4.69) is 37.0 Å². The number of halogens is 3. The largest absolute Gasteiger partial charge is 0.294 e. The summed E-state index contributed by atoms with van der Waals surface area (Å²) in [6.45, 7) is 1.99. The number of Topliss-reactive ketones (excluding diaryl/α,β-unsaturated/α-hetero) is 1. The Kier molecular flexibility index (Phi) is 4.87. The molecule has 0 N–H and O–H groups in total. The van der Waals surface area contributed by atoms with Crippen molar-refractivity contribution in [2.75, 3.05) is 0 Å². The number of rotatable bonds is 4. The van der Waals surface area contributed by atoms with Crippen LogP contribution in [0, 0.1) is 0 Å². The van der Waals surface area contributed by atoms with Gasteiger partial charge in [-0.25, -0.2) is 0 Å². The Morgan fingerprint density at radius 2 is 2.21 bits per heavy atom. The molecule has 2 aromatic rings. The van der Waals surface area contributed by atoms with Crippen molar-refractivity contribution < 1.29 is 4.79 Å². The van der Waals surface area contributed by atoms with Crippen molar-refractivity contribution in [3.8, 4) is 0 Å². The smallest absolute Gasteiger partial charge is 0.170 e. The van der Waals surface area contributed by atoms with E-state index in [1.54, 1.807) is 4.68 Å². The second-order valence-corrected chi connectivity index (χ2v) is 8.15. The van der Waals surface area contributed by atoms with E-state index in [0.717, 1.165) is 25.4 Å². The molecule has 2 aromatic heterocycles. The molecule has 0 saturated carbocycles. The van der Waals surface area contributed by atoms with Gasteiger partial charge in [0, 0.05) is 12.6 Å². The summed E-state index contributed by atoms with van der Waals surface area (Å²) in [5.41, 5.74) is 2.27. The van der Waals surface area contributed by atoms with E-state index >= 15 is 0 Å². The summed E-state index contributed by atoms with van der Waals surface area (Å²) >= 11 is 14.5. The van der Waals surface area contributed by atoms with Crippen LogP contribution in [0.25, 0.3) is 0 Å².